The van der Waals surface area contributed by atoms with E-state index in [1.165, 1.54) is 11.8 Å². The van der Waals surface area contributed by atoms with Crippen LogP contribution in [0.3, 0.4) is 0 Å². The second-order valence-electron chi connectivity index (χ2n) is 4.13. The number of thioether (sulfide) groups is 1. The molecule has 2 N–H and O–H groups in total. The Morgan fingerprint density at radius 3 is 2.67 bits per heavy atom. The molecule has 0 bridgehead atoms. The first kappa shape index (κ1) is 15.3. The first-order valence-corrected chi connectivity index (χ1v) is 7.16. The minimum absolute atomic E-state index is 0.0296. The number of hydrogen-bond donors (Lipinski definition) is 2. The summed E-state index contributed by atoms with van der Waals surface area (Å²) in [5, 5.41) is 6.51. The van der Waals surface area contributed by atoms with E-state index >= 15 is 0 Å². The van der Waals surface area contributed by atoms with Crippen LogP contribution >= 0.6 is 23.4 Å². The van der Waals surface area contributed by atoms with Crippen molar-refractivity contribution in [2.45, 2.75) is 30.0 Å². The maximum absolute atomic E-state index is 11.9. The SMILES string of the molecule is CNC(C)CNC(=O)C(C)Sc1ccccc1Cl. The summed E-state index contributed by atoms with van der Waals surface area (Å²) >= 11 is 7.53. The molecule has 3 nitrogen and oxygen atoms in total. The zero-order chi connectivity index (χ0) is 13.5. The van der Waals surface area contributed by atoms with Gasteiger partial charge >= 0.3 is 0 Å². The van der Waals surface area contributed by atoms with Gasteiger partial charge in [0.1, 0.15) is 0 Å². The molecule has 2 unspecified atom stereocenters. The van der Waals surface area contributed by atoms with Crippen LogP contribution in [-0.4, -0.2) is 30.8 Å². The van der Waals surface area contributed by atoms with Crippen LogP contribution in [0.15, 0.2) is 29.2 Å². The summed E-state index contributed by atoms with van der Waals surface area (Å²) in [7, 11) is 1.87. The van der Waals surface area contributed by atoms with Gasteiger partial charge in [-0.05, 0) is 33.0 Å². The highest BCUT2D eigenvalue weighted by molar-refractivity contribution is 8.00. The molecule has 0 fully saturated rings. The fourth-order valence-corrected chi connectivity index (χ4v) is 2.46. The lowest BCUT2D eigenvalue weighted by molar-refractivity contribution is -0.120. The summed E-state index contributed by atoms with van der Waals surface area (Å²) in [6, 6.07) is 7.82. The molecular weight excluding hydrogens is 268 g/mol. The quantitative estimate of drug-likeness (QED) is 0.790. The number of benzene rings is 1. The molecule has 1 aromatic carbocycles. The van der Waals surface area contributed by atoms with Gasteiger partial charge in [-0.15, -0.1) is 11.8 Å². The van der Waals surface area contributed by atoms with Crippen molar-refractivity contribution in [3.63, 3.8) is 0 Å². The molecule has 0 radical (unpaired) electrons. The van der Waals surface area contributed by atoms with Gasteiger partial charge in [-0.1, -0.05) is 23.7 Å². The lowest BCUT2D eigenvalue weighted by Crippen LogP contribution is -2.40. The van der Waals surface area contributed by atoms with Crippen molar-refractivity contribution in [2.75, 3.05) is 13.6 Å². The Labute approximate surface area is 118 Å². The van der Waals surface area contributed by atoms with E-state index in [1.807, 2.05) is 45.2 Å². The molecule has 1 amide bonds. The number of carbonyl (C=O) groups excluding carboxylic acids is 1. The Morgan fingerprint density at radius 2 is 2.06 bits per heavy atom. The van der Waals surface area contributed by atoms with Gasteiger partial charge in [0.05, 0.1) is 10.3 Å². The molecule has 1 rings (SSSR count). The van der Waals surface area contributed by atoms with Crippen LogP contribution in [0.5, 0.6) is 0 Å². The van der Waals surface area contributed by atoms with E-state index in [0.717, 1.165) is 4.90 Å². The van der Waals surface area contributed by atoms with Gasteiger partial charge in [-0.2, -0.15) is 0 Å². The molecule has 100 valence electrons. The summed E-state index contributed by atoms with van der Waals surface area (Å²) in [5.41, 5.74) is 0. The zero-order valence-corrected chi connectivity index (χ0v) is 12.4. The molecule has 0 saturated heterocycles. The van der Waals surface area contributed by atoms with Gasteiger partial charge in [0.2, 0.25) is 5.91 Å². The van der Waals surface area contributed by atoms with Gasteiger partial charge in [-0.25, -0.2) is 0 Å². The predicted octanol–water partition coefficient (Wildman–Crippen LogP) is 2.54. The van der Waals surface area contributed by atoms with Crippen LogP contribution < -0.4 is 10.6 Å². The first-order valence-electron chi connectivity index (χ1n) is 5.90. The van der Waals surface area contributed by atoms with Crippen molar-refractivity contribution < 1.29 is 4.79 Å². The summed E-state index contributed by atoms with van der Waals surface area (Å²) < 4.78 is 0. The van der Waals surface area contributed by atoms with Crippen molar-refractivity contribution in [3.05, 3.63) is 29.3 Å². The van der Waals surface area contributed by atoms with E-state index in [2.05, 4.69) is 10.6 Å². The van der Waals surface area contributed by atoms with Crippen molar-refractivity contribution in [1.82, 2.24) is 10.6 Å². The Balaban J connectivity index is 2.47. The lowest BCUT2D eigenvalue weighted by atomic mass is 10.3. The molecule has 0 saturated carbocycles. The minimum atomic E-state index is -0.158. The average molecular weight is 287 g/mol. The topological polar surface area (TPSA) is 41.1 Å². The summed E-state index contributed by atoms with van der Waals surface area (Å²) in [4.78, 5) is 12.8. The number of rotatable bonds is 6. The standard InChI is InChI=1S/C13H19ClN2OS/c1-9(15-3)8-16-13(17)10(2)18-12-7-5-4-6-11(12)14/h4-7,9-10,15H,8H2,1-3H3,(H,16,17). The molecular formula is C13H19ClN2OS. The predicted molar refractivity (Wildman–Crippen MR) is 78.3 cm³/mol. The third-order valence-electron chi connectivity index (χ3n) is 2.58. The van der Waals surface area contributed by atoms with Crippen LogP contribution in [0.1, 0.15) is 13.8 Å². The van der Waals surface area contributed by atoms with Gasteiger partial charge in [0, 0.05) is 17.5 Å². The molecule has 0 aromatic heterocycles. The molecule has 2 atom stereocenters. The highest BCUT2D eigenvalue weighted by atomic mass is 35.5. The van der Waals surface area contributed by atoms with Crippen molar-refractivity contribution in [1.29, 1.82) is 0 Å². The van der Waals surface area contributed by atoms with Gasteiger partial charge in [0.15, 0.2) is 0 Å². The second-order valence-corrected chi connectivity index (χ2v) is 5.92. The molecule has 0 aliphatic heterocycles. The number of nitrogens with one attached hydrogen (secondary N) is 2. The van der Waals surface area contributed by atoms with E-state index in [9.17, 15) is 4.79 Å². The van der Waals surface area contributed by atoms with E-state index in [0.29, 0.717) is 11.6 Å². The maximum Gasteiger partial charge on any atom is 0.233 e. The highest BCUT2D eigenvalue weighted by Crippen LogP contribution is 2.29. The van der Waals surface area contributed by atoms with Crippen LogP contribution in [0.25, 0.3) is 0 Å². The molecule has 5 heteroatoms. The molecule has 0 aliphatic rings. The Morgan fingerprint density at radius 1 is 1.39 bits per heavy atom. The number of hydrogen-bond acceptors (Lipinski definition) is 3. The van der Waals surface area contributed by atoms with Crippen molar-refractivity contribution in [2.24, 2.45) is 0 Å². The van der Waals surface area contributed by atoms with Crippen molar-refractivity contribution in [3.8, 4) is 0 Å². The minimum Gasteiger partial charge on any atom is -0.354 e. The molecule has 0 heterocycles. The zero-order valence-electron chi connectivity index (χ0n) is 10.9. The highest BCUT2D eigenvalue weighted by Gasteiger charge is 2.15. The third kappa shape index (κ3) is 4.88. The third-order valence-corrected chi connectivity index (χ3v) is 4.20. The van der Waals surface area contributed by atoms with E-state index in [1.54, 1.807) is 0 Å². The fraction of sp³-hybridized carbons (Fsp3) is 0.462. The van der Waals surface area contributed by atoms with E-state index < -0.39 is 0 Å². The summed E-state index contributed by atoms with van der Waals surface area (Å²) in [6.07, 6.45) is 0. The molecule has 1 aromatic rings. The number of halogens is 1. The van der Waals surface area contributed by atoms with E-state index in [-0.39, 0.29) is 17.2 Å². The first-order chi connectivity index (χ1) is 8.54. The van der Waals surface area contributed by atoms with Gasteiger partial charge in [0.25, 0.3) is 0 Å². The van der Waals surface area contributed by atoms with Crippen LogP contribution in [0, 0.1) is 0 Å². The number of carbonyl (C=O) groups is 1. The lowest BCUT2D eigenvalue weighted by Gasteiger charge is -2.15. The summed E-state index contributed by atoms with van der Waals surface area (Å²) in [5.74, 6) is 0.0296. The van der Waals surface area contributed by atoms with Gasteiger partial charge in [-0.3, -0.25) is 4.79 Å². The number of likely N-dealkylation sites (N-methyl/N-ethyl adjacent to an activating group) is 1. The Bertz CT molecular complexity index is 400. The average Bonchev–Trinajstić information content (AvgIpc) is 2.38. The normalized spacial score (nSPS) is 14.0. The van der Waals surface area contributed by atoms with E-state index in [4.69, 9.17) is 11.6 Å². The molecule has 0 aliphatic carbocycles. The Hall–Kier alpha value is -0.710. The van der Waals surface area contributed by atoms with Crippen LogP contribution in [0.4, 0.5) is 0 Å². The number of amides is 1. The molecule has 0 spiro atoms. The smallest absolute Gasteiger partial charge is 0.233 e. The Kier molecular flexibility index (Phi) is 6.54. The fourth-order valence-electron chi connectivity index (χ4n) is 1.28. The monoisotopic (exact) mass is 286 g/mol. The largest absolute Gasteiger partial charge is 0.354 e. The van der Waals surface area contributed by atoms with Gasteiger partial charge < -0.3 is 10.6 Å². The summed E-state index contributed by atoms with van der Waals surface area (Å²) in [6.45, 7) is 4.53. The molecule has 18 heavy (non-hydrogen) atoms. The van der Waals surface area contributed by atoms with Crippen LogP contribution in [-0.2, 0) is 4.79 Å². The maximum atomic E-state index is 11.9. The van der Waals surface area contributed by atoms with Crippen LogP contribution in [0.2, 0.25) is 5.02 Å². The second kappa shape index (κ2) is 7.67. The van der Waals surface area contributed by atoms with Crippen molar-refractivity contribution >= 4 is 29.3 Å².